The molecule has 0 atom stereocenters. The number of amides is 1. The number of furan rings is 1. The van der Waals surface area contributed by atoms with Gasteiger partial charge in [-0.1, -0.05) is 25.0 Å². The summed E-state index contributed by atoms with van der Waals surface area (Å²) in [6, 6.07) is 11.5. The lowest BCUT2D eigenvalue weighted by Crippen LogP contribution is -2.33. The van der Waals surface area contributed by atoms with Crippen LogP contribution < -0.4 is 11.1 Å². The van der Waals surface area contributed by atoms with Gasteiger partial charge in [0.1, 0.15) is 22.7 Å². The summed E-state index contributed by atoms with van der Waals surface area (Å²) in [5.74, 6) is 0.913. The van der Waals surface area contributed by atoms with Crippen LogP contribution in [0, 0.1) is 0 Å². The lowest BCUT2D eigenvalue weighted by molar-refractivity contribution is 0.0940. The zero-order valence-corrected chi connectivity index (χ0v) is 15.4. The van der Waals surface area contributed by atoms with Gasteiger partial charge in [-0.15, -0.1) is 0 Å². The number of anilines is 1. The summed E-state index contributed by atoms with van der Waals surface area (Å²) in [5, 5.41) is 3.12. The van der Waals surface area contributed by atoms with Crippen molar-refractivity contribution in [2.45, 2.75) is 38.3 Å². The van der Waals surface area contributed by atoms with Gasteiger partial charge in [0.25, 0.3) is 5.91 Å². The van der Waals surface area contributed by atoms with Gasteiger partial charge in [0.15, 0.2) is 5.65 Å². The molecule has 0 radical (unpaired) electrons. The molecule has 0 bridgehead atoms. The molecule has 28 heavy (non-hydrogen) atoms. The van der Waals surface area contributed by atoms with E-state index in [4.69, 9.17) is 20.1 Å². The zero-order chi connectivity index (χ0) is 19.1. The van der Waals surface area contributed by atoms with E-state index in [1.807, 2.05) is 36.4 Å². The van der Waals surface area contributed by atoms with E-state index >= 15 is 0 Å². The minimum absolute atomic E-state index is 0.183. The van der Waals surface area contributed by atoms with Crippen molar-refractivity contribution >= 4 is 33.9 Å². The summed E-state index contributed by atoms with van der Waals surface area (Å²) in [5.41, 5.74) is 9.46. The molecule has 0 unspecified atom stereocenters. The Hall–Kier alpha value is -3.35. The molecule has 1 aliphatic rings. The molecule has 7 heteroatoms. The van der Waals surface area contributed by atoms with Crippen molar-refractivity contribution in [1.82, 2.24) is 19.9 Å². The van der Waals surface area contributed by atoms with Crippen LogP contribution in [0.15, 0.2) is 47.1 Å². The lowest BCUT2D eigenvalue weighted by Gasteiger charge is -2.12. The molecule has 1 amide bonds. The molecule has 1 saturated carbocycles. The van der Waals surface area contributed by atoms with Crippen molar-refractivity contribution in [3.63, 3.8) is 0 Å². The molecule has 1 fully saturated rings. The number of nitrogens with one attached hydrogen (secondary N) is 1. The van der Waals surface area contributed by atoms with Crippen LogP contribution in [0.2, 0.25) is 0 Å². The number of hydrogen-bond donors (Lipinski definition) is 2. The van der Waals surface area contributed by atoms with E-state index in [9.17, 15) is 4.79 Å². The van der Waals surface area contributed by atoms with Gasteiger partial charge in [0.05, 0.1) is 23.8 Å². The van der Waals surface area contributed by atoms with Crippen LogP contribution >= 0.6 is 0 Å². The quantitative estimate of drug-likeness (QED) is 0.569. The van der Waals surface area contributed by atoms with Gasteiger partial charge in [-0.05, 0) is 37.1 Å². The number of nitrogen functional groups attached to an aromatic ring is 1. The first-order chi connectivity index (χ1) is 13.7. The molecule has 3 N–H and O–H groups in total. The number of para-hydroxylation sites is 2. The first kappa shape index (κ1) is 16.8. The Bertz CT molecular complexity index is 1160. The fourth-order valence-electron chi connectivity index (χ4n) is 3.99. The molecule has 3 heterocycles. The van der Waals surface area contributed by atoms with Crippen LogP contribution in [0.3, 0.4) is 0 Å². The van der Waals surface area contributed by atoms with Crippen molar-refractivity contribution < 1.29 is 9.21 Å². The van der Waals surface area contributed by atoms with E-state index in [1.54, 1.807) is 10.8 Å². The molecule has 7 nitrogen and oxygen atoms in total. The summed E-state index contributed by atoms with van der Waals surface area (Å²) in [6.45, 7) is 0.388. The smallest absolute Gasteiger partial charge is 0.257 e. The third-order valence-corrected chi connectivity index (χ3v) is 5.40. The number of fused-ring (bicyclic) bond motifs is 2. The standard InChI is InChI=1S/C21H21N5O2/c22-19-17(21(27)23-13-6-1-2-7-13)18-20(26(19)12-14-8-5-11-28-14)25-16-10-4-3-9-15(16)24-18/h3-5,8-11,13H,1-2,6-7,12,22H2,(H,23,27). The fraction of sp³-hybridized carbons (Fsp3) is 0.286. The molecular formula is C21H21N5O2. The second-order valence-electron chi connectivity index (χ2n) is 7.27. The average Bonchev–Trinajstić information content (AvgIpc) is 3.43. The van der Waals surface area contributed by atoms with Gasteiger partial charge in [-0.3, -0.25) is 4.79 Å². The zero-order valence-electron chi connectivity index (χ0n) is 15.4. The summed E-state index contributed by atoms with van der Waals surface area (Å²) < 4.78 is 7.28. The van der Waals surface area contributed by atoms with Crippen LogP contribution in [0.4, 0.5) is 5.82 Å². The molecule has 0 saturated heterocycles. The van der Waals surface area contributed by atoms with Gasteiger partial charge in [-0.25, -0.2) is 9.97 Å². The first-order valence-corrected chi connectivity index (χ1v) is 9.58. The van der Waals surface area contributed by atoms with E-state index in [-0.39, 0.29) is 11.9 Å². The lowest BCUT2D eigenvalue weighted by atomic mass is 10.2. The van der Waals surface area contributed by atoms with Crippen molar-refractivity contribution in [3.05, 3.63) is 54.0 Å². The largest absolute Gasteiger partial charge is 0.467 e. The van der Waals surface area contributed by atoms with Crippen molar-refractivity contribution in [2.75, 3.05) is 5.73 Å². The second kappa shape index (κ2) is 6.67. The van der Waals surface area contributed by atoms with Crippen molar-refractivity contribution in [2.24, 2.45) is 0 Å². The van der Waals surface area contributed by atoms with Gasteiger partial charge in [0.2, 0.25) is 0 Å². The summed E-state index contributed by atoms with van der Waals surface area (Å²) in [6.07, 6.45) is 5.92. The number of nitrogens with zero attached hydrogens (tertiary/aromatic N) is 3. The Morgan fingerprint density at radius 1 is 1.14 bits per heavy atom. The second-order valence-corrected chi connectivity index (χ2v) is 7.27. The average molecular weight is 375 g/mol. The number of carbonyl (C=O) groups excluding carboxylic acids is 1. The Kier molecular flexibility index (Phi) is 4.00. The van der Waals surface area contributed by atoms with E-state index in [1.165, 1.54) is 0 Å². The van der Waals surface area contributed by atoms with Crippen LogP contribution in [0.1, 0.15) is 41.8 Å². The van der Waals surface area contributed by atoms with Gasteiger partial charge >= 0.3 is 0 Å². The van der Waals surface area contributed by atoms with Crippen LogP contribution in [-0.2, 0) is 6.54 Å². The number of carbonyl (C=O) groups is 1. The summed E-state index contributed by atoms with van der Waals surface area (Å²) >= 11 is 0. The van der Waals surface area contributed by atoms with Gasteiger partial charge in [-0.2, -0.15) is 0 Å². The minimum atomic E-state index is -0.183. The number of aromatic nitrogens is 3. The van der Waals surface area contributed by atoms with E-state index in [0.29, 0.717) is 29.1 Å². The van der Waals surface area contributed by atoms with E-state index in [0.717, 1.165) is 42.5 Å². The molecular weight excluding hydrogens is 354 g/mol. The Labute approximate surface area is 161 Å². The maximum atomic E-state index is 13.1. The minimum Gasteiger partial charge on any atom is -0.467 e. The predicted octanol–water partition coefficient (Wildman–Crippen LogP) is 3.48. The number of rotatable bonds is 4. The number of benzene rings is 1. The molecule has 0 spiro atoms. The van der Waals surface area contributed by atoms with Crippen molar-refractivity contribution in [3.8, 4) is 0 Å². The summed E-state index contributed by atoms with van der Waals surface area (Å²) in [4.78, 5) is 22.6. The van der Waals surface area contributed by atoms with Crippen molar-refractivity contribution in [1.29, 1.82) is 0 Å². The third-order valence-electron chi connectivity index (χ3n) is 5.40. The summed E-state index contributed by atoms with van der Waals surface area (Å²) in [7, 11) is 0. The first-order valence-electron chi connectivity index (χ1n) is 9.58. The Morgan fingerprint density at radius 2 is 1.89 bits per heavy atom. The molecule has 4 aromatic rings. The maximum absolute atomic E-state index is 13.1. The monoisotopic (exact) mass is 375 g/mol. The van der Waals surface area contributed by atoms with Crippen LogP contribution in [0.25, 0.3) is 22.2 Å². The number of nitrogens with two attached hydrogens (primary N) is 1. The topological polar surface area (TPSA) is 99.0 Å². The molecule has 1 aromatic carbocycles. The molecule has 142 valence electrons. The molecule has 3 aromatic heterocycles. The van der Waals surface area contributed by atoms with Crippen LogP contribution in [0.5, 0.6) is 0 Å². The van der Waals surface area contributed by atoms with Crippen LogP contribution in [-0.4, -0.2) is 26.5 Å². The van der Waals surface area contributed by atoms with E-state index in [2.05, 4.69) is 5.32 Å². The van der Waals surface area contributed by atoms with E-state index < -0.39 is 0 Å². The highest BCUT2D eigenvalue weighted by Crippen LogP contribution is 2.29. The Morgan fingerprint density at radius 3 is 2.61 bits per heavy atom. The highest BCUT2D eigenvalue weighted by atomic mass is 16.3. The fourth-order valence-corrected chi connectivity index (χ4v) is 3.99. The maximum Gasteiger partial charge on any atom is 0.257 e. The SMILES string of the molecule is Nc1c(C(=O)NC2CCCC2)c2nc3ccccc3nc2n1Cc1ccco1. The third kappa shape index (κ3) is 2.79. The highest BCUT2D eigenvalue weighted by molar-refractivity contribution is 6.10. The Balaban J connectivity index is 1.67. The molecule has 0 aliphatic heterocycles. The van der Waals surface area contributed by atoms with Gasteiger partial charge < -0.3 is 20.0 Å². The normalized spacial score (nSPS) is 14.9. The molecule has 1 aliphatic carbocycles. The van der Waals surface area contributed by atoms with Gasteiger partial charge in [0, 0.05) is 6.04 Å². The number of hydrogen-bond acceptors (Lipinski definition) is 5. The predicted molar refractivity (Wildman–Crippen MR) is 107 cm³/mol. The highest BCUT2D eigenvalue weighted by Gasteiger charge is 2.26. The molecule has 5 rings (SSSR count).